The van der Waals surface area contributed by atoms with E-state index in [1.807, 2.05) is 0 Å². The summed E-state index contributed by atoms with van der Waals surface area (Å²) in [5, 5.41) is 3.60. The highest BCUT2D eigenvalue weighted by atomic mass is 32.2. The zero-order valence-electron chi connectivity index (χ0n) is 11.6. The second-order valence-electron chi connectivity index (χ2n) is 5.82. The highest BCUT2D eigenvalue weighted by Gasteiger charge is 2.33. The maximum Gasteiger partial charge on any atom is 0.150 e. The van der Waals surface area contributed by atoms with Crippen LogP contribution >= 0.6 is 0 Å². The van der Waals surface area contributed by atoms with Gasteiger partial charge in [-0.15, -0.1) is 0 Å². The average Bonchev–Trinajstić information content (AvgIpc) is 2.32. The first-order valence-corrected chi connectivity index (χ1v) is 9.03. The van der Waals surface area contributed by atoms with Gasteiger partial charge in [-0.05, 0) is 26.2 Å². The summed E-state index contributed by atoms with van der Waals surface area (Å²) in [7, 11) is -2.74. The van der Waals surface area contributed by atoms with Crippen LogP contribution < -0.4 is 5.32 Å². The summed E-state index contributed by atoms with van der Waals surface area (Å²) in [6, 6.07) is 1.60. The van der Waals surface area contributed by atoms with Crippen molar-refractivity contribution in [1.29, 1.82) is 0 Å². The molecule has 0 amide bonds. The predicted molar refractivity (Wildman–Crippen MR) is 74.5 cm³/mol. The van der Waals surface area contributed by atoms with Crippen molar-refractivity contribution in [1.82, 2.24) is 10.2 Å². The lowest BCUT2D eigenvalue weighted by Crippen LogP contribution is -2.59. The molecule has 0 radical (unpaired) electrons. The Labute approximate surface area is 111 Å². The van der Waals surface area contributed by atoms with Gasteiger partial charge < -0.3 is 5.32 Å². The van der Waals surface area contributed by atoms with Gasteiger partial charge >= 0.3 is 0 Å². The van der Waals surface area contributed by atoms with E-state index in [4.69, 9.17) is 0 Å². The second-order valence-corrected chi connectivity index (χ2v) is 8.13. The van der Waals surface area contributed by atoms with Crippen molar-refractivity contribution in [2.75, 3.05) is 24.6 Å². The monoisotopic (exact) mass is 274 g/mol. The topological polar surface area (TPSA) is 49.4 Å². The van der Waals surface area contributed by atoms with Crippen molar-refractivity contribution in [3.63, 3.8) is 0 Å². The van der Waals surface area contributed by atoms with Crippen molar-refractivity contribution in [2.24, 2.45) is 0 Å². The van der Waals surface area contributed by atoms with Crippen LogP contribution in [0.4, 0.5) is 0 Å². The molecule has 2 rings (SSSR count). The van der Waals surface area contributed by atoms with Crippen LogP contribution in [0.15, 0.2) is 0 Å². The molecular formula is C13H26N2O2S. The van der Waals surface area contributed by atoms with E-state index in [2.05, 4.69) is 24.1 Å². The molecule has 2 heterocycles. The number of piperazine rings is 1. The van der Waals surface area contributed by atoms with Gasteiger partial charge in [0.25, 0.3) is 0 Å². The molecule has 2 fully saturated rings. The molecule has 0 aliphatic carbocycles. The summed E-state index contributed by atoms with van der Waals surface area (Å²) in [4.78, 5) is 2.55. The van der Waals surface area contributed by atoms with Crippen molar-refractivity contribution >= 4 is 9.84 Å². The van der Waals surface area contributed by atoms with Gasteiger partial charge in [0.1, 0.15) is 9.84 Å². The van der Waals surface area contributed by atoms with Gasteiger partial charge in [-0.25, -0.2) is 8.42 Å². The number of hydrogen-bond acceptors (Lipinski definition) is 4. The largest absolute Gasteiger partial charge is 0.311 e. The van der Waals surface area contributed by atoms with Crippen LogP contribution in [-0.4, -0.2) is 56.0 Å². The average molecular weight is 274 g/mol. The third-order valence-electron chi connectivity index (χ3n) is 4.33. The molecule has 2 saturated heterocycles. The van der Waals surface area contributed by atoms with Gasteiger partial charge in [-0.2, -0.15) is 0 Å². The van der Waals surface area contributed by atoms with E-state index in [0.29, 0.717) is 29.6 Å². The van der Waals surface area contributed by atoms with E-state index in [9.17, 15) is 8.42 Å². The molecule has 0 saturated carbocycles. The fourth-order valence-electron chi connectivity index (χ4n) is 3.21. The smallest absolute Gasteiger partial charge is 0.150 e. The van der Waals surface area contributed by atoms with Crippen LogP contribution in [0.3, 0.4) is 0 Å². The summed E-state index contributed by atoms with van der Waals surface area (Å²) in [5.41, 5.74) is 0. The minimum atomic E-state index is -2.74. The molecule has 2 unspecified atom stereocenters. The lowest BCUT2D eigenvalue weighted by molar-refractivity contribution is 0.0823. The van der Waals surface area contributed by atoms with Crippen LogP contribution in [0.2, 0.25) is 0 Å². The molecule has 0 aromatic carbocycles. The standard InChI is InChI=1S/C13H26N2O2S/c1-3-4-12-10-15(11(2)9-14-12)13-5-7-18(16,17)8-6-13/h11-14H,3-10H2,1-2H3. The number of nitrogens with zero attached hydrogens (tertiary/aromatic N) is 1. The third-order valence-corrected chi connectivity index (χ3v) is 6.05. The summed E-state index contributed by atoms with van der Waals surface area (Å²) in [6.07, 6.45) is 4.07. The van der Waals surface area contributed by atoms with Crippen LogP contribution in [0.5, 0.6) is 0 Å². The predicted octanol–water partition coefficient (Wildman–Crippen LogP) is 1.03. The van der Waals surface area contributed by atoms with Gasteiger partial charge in [-0.1, -0.05) is 13.3 Å². The van der Waals surface area contributed by atoms with Crippen molar-refractivity contribution in [2.45, 2.75) is 57.7 Å². The fraction of sp³-hybridized carbons (Fsp3) is 1.00. The molecule has 0 spiro atoms. The SMILES string of the molecule is CCCC1CN(C2CCS(=O)(=O)CC2)C(C)CN1. The van der Waals surface area contributed by atoms with Gasteiger partial charge in [0.15, 0.2) is 0 Å². The van der Waals surface area contributed by atoms with Crippen LogP contribution in [0, 0.1) is 0 Å². The lowest BCUT2D eigenvalue weighted by Gasteiger charge is -2.44. The highest BCUT2D eigenvalue weighted by Crippen LogP contribution is 2.22. The molecule has 1 N–H and O–H groups in total. The van der Waals surface area contributed by atoms with Gasteiger partial charge in [-0.3, -0.25) is 4.90 Å². The molecule has 2 aliphatic rings. The van der Waals surface area contributed by atoms with E-state index >= 15 is 0 Å². The number of rotatable bonds is 3. The van der Waals surface area contributed by atoms with E-state index in [-0.39, 0.29) is 0 Å². The van der Waals surface area contributed by atoms with Crippen LogP contribution in [0.25, 0.3) is 0 Å². The first-order valence-electron chi connectivity index (χ1n) is 7.21. The van der Waals surface area contributed by atoms with Gasteiger partial charge in [0.05, 0.1) is 11.5 Å². The maximum atomic E-state index is 11.5. The molecule has 4 nitrogen and oxygen atoms in total. The highest BCUT2D eigenvalue weighted by molar-refractivity contribution is 7.91. The molecule has 2 aliphatic heterocycles. The molecule has 0 aromatic heterocycles. The maximum absolute atomic E-state index is 11.5. The van der Waals surface area contributed by atoms with E-state index in [1.54, 1.807) is 0 Å². The fourth-order valence-corrected chi connectivity index (χ4v) is 4.68. The summed E-state index contributed by atoms with van der Waals surface area (Å²) >= 11 is 0. The Kier molecular flexibility index (Phi) is 4.67. The Hall–Kier alpha value is -0.130. The Morgan fingerprint density at radius 3 is 2.56 bits per heavy atom. The molecule has 5 heteroatoms. The van der Waals surface area contributed by atoms with E-state index in [0.717, 1.165) is 25.9 Å². The molecule has 0 bridgehead atoms. The zero-order valence-corrected chi connectivity index (χ0v) is 12.4. The van der Waals surface area contributed by atoms with Crippen molar-refractivity contribution in [3.05, 3.63) is 0 Å². The Bertz CT molecular complexity index is 355. The second kappa shape index (κ2) is 5.88. The number of nitrogens with one attached hydrogen (secondary N) is 1. The van der Waals surface area contributed by atoms with Crippen LogP contribution in [-0.2, 0) is 9.84 Å². The molecule has 106 valence electrons. The molecule has 0 aromatic rings. The minimum Gasteiger partial charge on any atom is -0.311 e. The molecular weight excluding hydrogens is 248 g/mol. The van der Waals surface area contributed by atoms with E-state index < -0.39 is 9.84 Å². The molecule has 18 heavy (non-hydrogen) atoms. The molecule has 2 atom stereocenters. The number of hydrogen-bond donors (Lipinski definition) is 1. The van der Waals surface area contributed by atoms with Gasteiger partial charge in [0, 0.05) is 31.2 Å². The summed E-state index contributed by atoms with van der Waals surface area (Å²) in [5.74, 6) is 0.763. The van der Waals surface area contributed by atoms with E-state index in [1.165, 1.54) is 12.8 Å². The van der Waals surface area contributed by atoms with Crippen molar-refractivity contribution in [3.8, 4) is 0 Å². The Balaban J connectivity index is 1.94. The summed E-state index contributed by atoms with van der Waals surface area (Å²) < 4.78 is 23.0. The third kappa shape index (κ3) is 3.45. The summed E-state index contributed by atoms with van der Waals surface area (Å²) in [6.45, 7) is 6.59. The minimum absolute atomic E-state index is 0.382. The number of sulfone groups is 1. The first-order chi connectivity index (χ1) is 8.52. The van der Waals surface area contributed by atoms with Crippen LogP contribution in [0.1, 0.15) is 39.5 Å². The quantitative estimate of drug-likeness (QED) is 0.835. The Morgan fingerprint density at radius 2 is 1.94 bits per heavy atom. The van der Waals surface area contributed by atoms with Crippen molar-refractivity contribution < 1.29 is 8.42 Å². The first kappa shape index (κ1) is 14.3. The zero-order chi connectivity index (χ0) is 13.2. The lowest BCUT2D eigenvalue weighted by atomic mass is 10.0. The Morgan fingerprint density at radius 1 is 1.28 bits per heavy atom. The van der Waals surface area contributed by atoms with Gasteiger partial charge in [0.2, 0.25) is 0 Å². The normalized spacial score (nSPS) is 34.6.